The summed E-state index contributed by atoms with van der Waals surface area (Å²) < 4.78 is 0. The number of benzene rings is 1. The van der Waals surface area contributed by atoms with Crippen LogP contribution < -0.4 is 5.73 Å². The van der Waals surface area contributed by atoms with Gasteiger partial charge in [0, 0.05) is 18.0 Å². The molecule has 0 bridgehead atoms. The fourth-order valence-corrected chi connectivity index (χ4v) is 1.85. The zero-order chi connectivity index (χ0) is 13.5. The van der Waals surface area contributed by atoms with Crippen molar-refractivity contribution in [3.8, 4) is 0 Å². The molecular formula is C16H19N3. The van der Waals surface area contributed by atoms with Crippen LogP contribution in [0.5, 0.6) is 0 Å². The Morgan fingerprint density at radius 3 is 2.42 bits per heavy atom. The van der Waals surface area contributed by atoms with Crippen molar-refractivity contribution in [1.82, 2.24) is 4.98 Å². The fraction of sp³-hybridized carbons (Fsp3) is 0.250. The Bertz CT molecular complexity index is 530. The van der Waals surface area contributed by atoms with Gasteiger partial charge in [-0.05, 0) is 30.5 Å². The first-order valence-electron chi connectivity index (χ1n) is 6.63. The first-order chi connectivity index (χ1) is 9.29. The van der Waals surface area contributed by atoms with Crippen LogP contribution in [0.15, 0.2) is 53.8 Å². The molecule has 0 radical (unpaired) electrons. The van der Waals surface area contributed by atoms with Gasteiger partial charge in [0.05, 0.1) is 5.69 Å². The highest BCUT2D eigenvalue weighted by Crippen LogP contribution is 2.12. The minimum Gasteiger partial charge on any atom is -0.383 e. The zero-order valence-electron chi connectivity index (χ0n) is 11.2. The fourth-order valence-electron chi connectivity index (χ4n) is 1.85. The second kappa shape index (κ2) is 6.69. The Labute approximate surface area is 114 Å². The summed E-state index contributed by atoms with van der Waals surface area (Å²) in [4.78, 5) is 8.33. The highest BCUT2D eigenvalue weighted by molar-refractivity contribution is 5.99. The molecule has 1 aromatic carbocycles. The van der Waals surface area contributed by atoms with Gasteiger partial charge in [-0.3, -0.25) is 4.98 Å². The summed E-state index contributed by atoms with van der Waals surface area (Å²) in [6.45, 7) is 2.20. The second-order valence-electron chi connectivity index (χ2n) is 4.50. The Morgan fingerprint density at radius 2 is 1.79 bits per heavy atom. The van der Waals surface area contributed by atoms with Gasteiger partial charge >= 0.3 is 0 Å². The van der Waals surface area contributed by atoms with Crippen molar-refractivity contribution in [2.45, 2.75) is 26.2 Å². The maximum Gasteiger partial charge on any atom is 0.131 e. The number of unbranched alkanes of at least 4 members (excludes halogenated alkanes) is 1. The average Bonchev–Trinajstić information content (AvgIpc) is 2.46. The molecule has 2 rings (SSSR count). The van der Waals surface area contributed by atoms with Crippen molar-refractivity contribution in [3.63, 3.8) is 0 Å². The number of hydrogen-bond donors (Lipinski definition) is 1. The molecule has 0 saturated heterocycles. The third-order valence-electron chi connectivity index (χ3n) is 2.98. The first-order valence-corrected chi connectivity index (χ1v) is 6.63. The van der Waals surface area contributed by atoms with E-state index in [4.69, 9.17) is 5.73 Å². The van der Waals surface area contributed by atoms with E-state index in [0.29, 0.717) is 5.84 Å². The number of aliphatic imine (C=N–C) groups is 1. The SMILES string of the molecule is CCCCc1ccc(C(N)=Nc2ccncc2)cc1. The number of nitrogens with zero attached hydrogens (tertiary/aromatic N) is 2. The minimum absolute atomic E-state index is 0.535. The molecule has 0 amide bonds. The van der Waals surface area contributed by atoms with Crippen LogP contribution in [0, 0.1) is 0 Å². The maximum absolute atomic E-state index is 6.01. The van der Waals surface area contributed by atoms with Crippen LogP contribution in [-0.2, 0) is 6.42 Å². The molecule has 0 fully saturated rings. The lowest BCUT2D eigenvalue weighted by atomic mass is 10.1. The van der Waals surface area contributed by atoms with Gasteiger partial charge in [0.25, 0.3) is 0 Å². The lowest BCUT2D eigenvalue weighted by Crippen LogP contribution is -2.12. The molecule has 1 heterocycles. The van der Waals surface area contributed by atoms with Crippen molar-refractivity contribution in [3.05, 3.63) is 59.9 Å². The summed E-state index contributed by atoms with van der Waals surface area (Å²) in [5, 5.41) is 0. The van der Waals surface area contributed by atoms with E-state index < -0.39 is 0 Å². The van der Waals surface area contributed by atoms with Gasteiger partial charge in [0.15, 0.2) is 0 Å². The predicted octanol–water partition coefficient (Wildman–Crippen LogP) is 3.46. The Balaban J connectivity index is 2.11. The molecule has 98 valence electrons. The topological polar surface area (TPSA) is 51.3 Å². The van der Waals surface area contributed by atoms with Gasteiger partial charge in [-0.1, -0.05) is 37.6 Å². The van der Waals surface area contributed by atoms with Crippen molar-refractivity contribution >= 4 is 11.5 Å². The monoisotopic (exact) mass is 253 g/mol. The van der Waals surface area contributed by atoms with Crippen LogP contribution in [-0.4, -0.2) is 10.8 Å². The molecule has 0 unspecified atom stereocenters. The third-order valence-corrected chi connectivity index (χ3v) is 2.98. The number of nitrogens with two attached hydrogens (primary N) is 1. The zero-order valence-corrected chi connectivity index (χ0v) is 11.2. The van der Waals surface area contributed by atoms with E-state index in [1.54, 1.807) is 12.4 Å². The van der Waals surface area contributed by atoms with E-state index in [2.05, 4.69) is 29.0 Å². The molecule has 0 aliphatic rings. The number of aromatic nitrogens is 1. The number of amidine groups is 1. The van der Waals surface area contributed by atoms with Gasteiger partial charge in [0.1, 0.15) is 5.84 Å². The van der Waals surface area contributed by atoms with Crippen molar-refractivity contribution in [2.75, 3.05) is 0 Å². The van der Waals surface area contributed by atoms with Gasteiger partial charge in [-0.15, -0.1) is 0 Å². The highest BCUT2D eigenvalue weighted by atomic mass is 14.9. The number of hydrogen-bond acceptors (Lipinski definition) is 2. The van der Waals surface area contributed by atoms with E-state index in [1.165, 1.54) is 18.4 Å². The summed E-state index contributed by atoms with van der Waals surface area (Å²) >= 11 is 0. The maximum atomic E-state index is 6.01. The predicted molar refractivity (Wildman–Crippen MR) is 79.7 cm³/mol. The molecule has 0 spiro atoms. The Kier molecular flexibility index (Phi) is 4.67. The molecule has 0 aliphatic carbocycles. The lowest BCUT2D eigenvalue weighted by Gasteiger charge is -2.04. The van der Waals surface area contributed by atoms with E-state index in [1.807, 2.05) is 24.3 Å². The van der Waals surface area contributed by atoms with Crippen LogP contribution in [0.25, 0.3) is 0 Å². The van der Waals surface area contributed by atoms with Crippen molar-refractivity contribution in [2.24, 2.45) is 10.7 Å². The summed E-state index contributed by atoms with van der Waals surface area (Å²) in [7, 11) is 0. The molecule has 2 N–H and O–H groups in total. The van der Waals surface area contributed by atoms with Crippen LogP contribution in [0.1, 0.15) is 30.9 Å². The minimum atomic E-state index is 0.535. The van der Waals surface area contributed by atoms with Gasteiger partial charge in [-0.25, -0.2) is 4.99 Å². The molecule has 19 heavy (non-hydrogen) atoms. The quantitative estimate of drug-likeness (QED) is 0.655. The third kappa shape index (κ3) is 3.91. The molecule has 2 aromatic rings. The molecule has 1 aromatic heterocycles. The first kappa shape index (κ1) is 13.3. The summed E-state index contributed by atoms with van der Waals surface area (Å²) in [6, 6.07) is 12.0. The van der Waals surface area contributed by atoms with Crippen LogP contribution >= 0.6 is 0 Å². The number of pyridine rings is 1. The number of aryl methyl sites for hydroxylation is 1. The Hall–Kier alpha value is -2.16. The van der Waals surface area contributed by atoms with Crippen LogP contribution in [0.4, 0.5) is 5.69 Å². The van der Waals surface area contributed by atoms with E-state index in [9.17, 15) is 0 Å². The smallest absolute Gasteiger partial charge is 0.131 e. The largest absolute Gasteiger partial charge is 0.383 e. The molecule has 0 atom stereocenters. The lowest BCUT2D eigenvalue weighted by molar-refractivity contribution is 0.795. The second-order valence-corrected chi connectivity index (χ2v) is 4.50. The van der Waals surface area contributed by atoms with Gasteiger partial charge in [-0.2, -0.15) is 0 Å². The summed E-state index contributed by atoms with van der Waals surface area (Å²) in [5.41, 5.74) is 9.13. The molecule has 0 saturated carbocycles. The number of rotatable bonds is 5. The van der Waals surface area contributed by atoms with Crippen LogP contribution in [0.3, 0.4) is 0 Å². The summed E-state index contributed by atoms with van der Waals surface area (Å²) in [6.07, 6.45) is 6.98. The van der Waals surface area contributed by atoms with E-state index >= 15 is 0 Å². The van der Waals surface area contributed by atoms with Crippen molar-refractivity contribution in [1.29, 1.82) is 0 Å². The molecule has 0 aliphatic heterocycles. The standard InChI is InChI=1S/C16H19N3/c1-2-3-4-13-5-7-14(8-6-13)16(17)19-15-9-11-18-12-10-15/h5-12H,2-4H2,1H3,(H2,17,18,19). The van der Waals surface area contributed by atoms with E-state index in [0.717, 1.165) is 17.7 Å². The molecule has 3 nitrogen and oxygen atoms in total. The average molecular weight is 253 g/mol. The van der Waals surface area contributed by atoms with Crippen molar-refractivity contribution < 1.29 is 0 Å². The normalized spacial score (nSPS) is 11.5. The van der Waals surface area contributed by atoms with E-state index in [-0.39, 0.29) is 0 Å². The van der Waals surface area contributed by atoms with Crippen LogP contribution in [0.2, 0.25) is 0 Å². The summed E-state index contributed by atoms with van der Waals surface area (Å²) in [5.74, 6) is 0.535. The van der Waals surface area contributed by atoms with Gasteiger partial charge in [0.2, 0.25) is 0 Å². The molecular weight excluding hydrogens is 234 g/mol. The highest BCUT2D eigenvalue weighted by Gasteiger charge is 1.99. The molecule has 3 heteroatoms. The Morgan fingerprint density at radius 1 is 1.11 bits per heavy atom. The van der Waals surface area contributed by atoms with Gasteiger partial charge < -0.3 is 5.73 Å².